The number of anilines is 2. The minimum Gasteiger partial charge on any atom is -0.493 e. The zero-order chi connectivity index (χ0) is 20.5. The Morgan fingerprint density at radius 2 is 2.03 bits per heavy atom. The Kier molecular flexibility index (Phi) is 6.50. The van der Waals surface area contributed by atoms with Crippen LogP contribution < -0.4 is 25.8 Å². The summed E-state index contributed by atoms with van der Waals surface area (Å²) in [5, 5.41) is 13.9. The summed E-state index contributed by atoms with van der Waals surface area (Å²) in [7, 11) is 1.50. The molecule has 0 saturated heterocycles. The van der Waals surface area contributed by atoms with Gasteiger partial charge in [-0.2, -0.15) is 5.10 Å². The fraction of sp³-hybridized carbons (Fsp3) is 0.105. The SMILES string of the molecule is COc1cc(/C=N/Nc2nncc(=O)[nH]2)ccc1OCC(=O)Nc1ccccc1. The highest BCUT2D eigenvalue weighted by molar-refractivity contribution is 5.91. The molecule has 1 aromatic heterocycles. The molecule has 2 aromatic carbocycles. The van der Waals surface area contributed by atoms with E-state index in [9.17, 15) is 9.59 Å². The molecule has 0 spiro atoms. The lowest BCUT2D eigenvalue weighted by molar-refractivity contribution is -0.118. The third kappa shape index (κ3) is 5.89. The number of aromatic amines is 1. The van der Waals surface area contributed by atoms with Crippen LogP contribution in [0.2, 0.25) is 0 Å². The van der Waals surface area contributed by atoms with Crippen molar-refractivity contribution in [3.8, 4) is 11.5 Å². The normalized spacial score (nSPS) is 10.5. The zero-order valence-electron chi connectivity index (χ0n) is 15.5. The van der Waals surface area contributed by atoms with Crippen molar-refractivity contribution in [2.75, 3.05) is 24.5 Å². The Bertz CT molecular complexity index is 1050. The lowest BCUT2D eigenvalue weighted by Gasteiger charge is -2.11. The summed E-state index contributed by atoms with van der Waals surface area (Å²) in [6.45, 7) is -0.166. The smallest absolute Gasteiger partial charge is 0.271 e. The van der Waals surface area contributed by atoms with Crippen LogP contribution >= 0.6 is 0 Å². The summed E-state index contributed by atoms with van der Waals surface area (Å²) in [6.07, 6.45) is 2.56. The van der Waals surface area contributed by atoms with E-state index in [-0.39, 0.29) is 18.5 Å². The van der Waals surface area contributed by atoms with Gasteiger partial charge >= 0.3 is 0 Å². The molecule has 1 heterocycles. The van der Waals surface area contributed by atoms with E-state index < -0.39 is 5.56 Å². The number of carbonyl (C=O) groups excluding carboxylic acids is 1. The number of benzene rings is 2. The molecule has 10 heteroatoms. The molecule has 0 atom stereocenters. The van der Waals surface area contributed by atoms with E-state index in [1.807, 2.05) is 18.2 Å². The number of hydrogen-bond acceptors (Lipinski definition) is 8. The van der Waals surface area contributed by atoms with E-state index in [1.165, 1.54) is 13.3 Å². The average molecular weight is 394 g/mol. The summed E-state index contributed by atoms with van der Waals surface area (Å²) in [5.41, 5.74) is 3.56. The molecule has 10 nitrogen and oxygen atoms in total. The molecule has 0 saturated carbocycles. The Morgan fingerprint density at radius 3 is 2.79 bits per heavy atom. The van der Waals surface area contributed by atoms with E-state index in [0.29, 0.717) is 22.7 Å². The van der Waals surface area contributed by atoms with Gasteiger partial charge in [0.1, 0.15) is 6.20 Å². The van der Waals surface area contributed by atoms with Gasteiger partial charge in [-0.3, -0.25) is 14.6 Å². The maximum Gasteiger partial charge on any atom is 0.271 e. The minimum atomic E-state index is -0.392. The number of nitrogens with one attached hydrogen (secondary N) is 3. The van der Waals surface area contributed by atoms with E-state index in [0.717, 1.165) is 6.20 Å². The highest BCUT2D eigenvalue weighted by Crippen LogP contribution is 2.27. The summed E-state index contributed by atoms with van der Waals surface area (Å²) in [6, 6.07) is 14.2. The van der Waals surface area contributed by atoms with Crippen molar-refractivity contribution < 1.29 is 14.3 Å². The molecule has 0 fully saturated rings. The predicted molar refractivity (Wildman–Crippen MR) is 107 cm³/mol. The molecule has 1 amide bonds. The number of para-hydroxylation sites is 1. The first-order valence-electron chi connectivity index (χ1n) is 8.51. The average Bonchev–Trinajstić information content (AvgIpc) is 2.73. The summed E-state index contributed by atoms with van der Waals surface area (Å²) in [5.74, 6) is 0.685. The zero-order valence-corrected chi connectivity index (χ0v) is 15.5. The van der Waals surface area contributed by atoms with Gasteiger partial charge in [-0.15, -0.1) is 10.2 Å². The Balaban J connectivity index is 1.58. The second-order valence-electron chi connectivity index (χ2n) is 5.67. The first-order chi connectivity index (χ1) is 14.1. The molecule has 0 aliphatic heterocycles. The van der Waals surface area contributed by atoms with Crippen molar-refractivity contribution in [2.45, 2.75) is 0 Å². The summed E-state index contributed by atoms with van der Waals surface area (Å²) < 4.78 is 10.9. The fourth-order valence-electron chi connectivity index (χ4n) is 2.28. The number of rotatable bonds is 8. The molecule has 3 aromatic rings. The number of hydrogen-bond donors (Lipinski definition) is 3. The Hall–Kier alpha value is -4.21. The second kappa shape index (κ2) is 9.65. The summed E-state index contributed by atoms with van der Waals surface area (Å²) in [4.78, 5) is 25.6. The van der Waals surface area contributed by atoms with Crippen LogP contribution in [0.5, 0.6) is 11.5 Å². The molecule has 3 N–H and O–H groups in total. The number of amides is 1. The number of H-pyrrole nitrogens is 1. The molecule has 0 aliphatic carbocycles. The standard InChI is InChI=1S/C19H18N6O4/c1-28-16-9-13(10-20-24-19-23-17(26)11-21-25-19)7-8-15(16)29-12-18(27)22-14-5-3-2-4-6-14/h2-11H,12H2,1H3,(H,22,27)(H2,23,24,25,26)/b20-10+. The van der Waals surface area contributed by atoms with Crippen molar-refractivity contribution in [2.24, 2.45) is 5.10 Å². The quantitative estimate of drug-likeness (QED) is 0.391. The monoisotopic (exact) mass is 394 g/mol. The van der Waals surface area contributed by atoms with Crippen LogP contribution in [0.4, 0.5) is 11.6 Å². The van der Waals surface area contributed by atoms with Crippen molar-refractivity contribution in [3.05, 3.63) is 70.6 Å². The predicted octanol–water partition coefficient (Wildman–Crippen LogP) is 1.64. The topological polar surface area (TPSA) is 131 Å². The highest BCUT2D eigenvalue weighted by Gasteiger charge is 2.08. The Morgan fingerprint density at radius 1 is 1.21 bits per heavy atom. The van der Waals surface area contributed by atoms with Crippen LogP contribution in [0.3, 0.4) is 0 Å². The number of carbonyl (C=O) groups is 1. The molecule has 3 rings (SSSR count). The van der Waals surface area contributed by atoms with Crippen LogP contribution in [0.1, 0.15) is 5.56 Å². The second-order valence-corrected chi connectivity index (χ2v) is 5.67. The highest BCUT2D eigenvalue weighted by atomic mass is 16.5. The van der Waals surface area contributed by atoms with Crippen LogP contribution in [0.15, 0.2) is 64.6 Å². The number of methoxy groups -OCH3 is 1. The molecule has 148 valence electrons. The van der Waals surface area contributed by atoms with Crippen LogP contribution in [0.25, 0.3) is 0 Å². The third-order valence-electron chi connectivity index (χ3n) is 3.56. The molecule has 29 heavy (non-hydrogen) atoms. The van der Waals surface area contributed by atoms with E-state index >= 15 is 0 Å². The van der Waals surface area contributed by atoms with Crippen molar-refractivity contribution in [1.29, 1.82) is 0 Å². The molecule has 0 radical (unpaired) electrons. The molecular weight excluding hydrogens is 376 g/mol. The van der Waals surface area contributed by atoms with Gasteiger partial charge in [0.15, 0.2) is 18.1 Å². The molecule has 0 bridgehead atoms. The maximum atomic E-state index is 12.0. The molecule has 0 unspecified atom stereocenters. The Labute approximate surface area is 165 Å². The first-order valence-corrected chi connectivity index (χ1v) is 8.51. The number of hydrazone groups is 1. The molecular formula is C19H18N6O4. The van der Waals surface area contributed by atoms with Gasteiger partial charge in [0, 0.05) is 5.69 Å². The maximum absolute atomic E-state index is 12.0. The van der Waals surface area contributed by atoms with Gasteiger partial charge in [-0.1, -0.05) is 18.2 Å². The molecule has 0 aliphatic rings. The van der Waals surface area contributed by atoms with E-state index in [4.69, 9.17) is 9.47 Å². The van der Waals surface area contributed by atoms with E-state index in [1.54, 1.807) is 30.3 Å². The largest absolute Gasteiger partial charge is 0.493 e. The summed E-state index contributed by atoms with van der Waals surface area (Å²) >= 11 is 0. The fourth-order valence-corrected chi connectivity index (χ4v) is 2.28. The third-order valence-corrected chi connectivity index (χ3v) is 3.56. The van der Waals surface area contributed by atoms with Gasteiger partial charge < -0.3 is 14.8 Å². The van der Waals surface area contributed by atoms with Gasteiger partial charge in [0.2, 0.25) is 5.95 Å². The van der Waals surface area contributed by atoms with Crippen LogP contribution in [-0.4, -0.2) is 41.0 Å². The van der Waals surface area contributed by atoms with Crippen molar-refractivity contribution in [3.63, 3.8) is 0 Å². The van der Waals surface area contributed by atoms with Gasteiger partial charge in [-0.25, -0.2) is 5.43 Å². The van der Waals surface area contributed by atoms with Gasteiger partial charge in [0.25, 0.3) is 11.5 Å². The van der Waals surface area contributed by atoms with Crippen molar-refractivity contribution >= 4 is 23.8 Å². The lowest BCUT2D eigenvalue weighted by atomic mass is 10.2. The van der Waals surface area contributed by atoms with Gasteiger partial charge in [0.05, 0.1) is 13.3 Å². The minimum absolute atomic E-state index is 0.116. The van der Waals surface area contributed by atoms with Crippen LogP contribution in [-0.2, 0) is 4.79 Å². The van der Waals surface area contributed by atoms with E-state index in [2.05, 4.69) is 31.0 Å². The van der Waals surface area contributed by atoms with Gasteiger partial charge in [-0.05, 0) is 35.9 Å². The number of nitrogens with zero attached hydrogens (tertiary/aromatic N) is 3. The first kappa shape index (κ1) is 19.5. The number of aromatic nitrogens is 3. The van der Waals surface area contributed by atoms with Crippen LogP contribution in [0, 0.1) is 0 Å². The lowest BCUT2D eigenvalue weighted by Crippen LogP contribution is -2.20. The van der Waals surface area contributed by atoms with Crippen molar-refractivity contribution in [1.82, 2.24) is 15.2 Å². The number of ether oxygens (including phenoxy) is 2.